The van der Waals surface area contributed by atoms with Crippen molar-refractivity contribution in [2.24, 2.45) is 0 Å². The number of rotatable bonds is 4. The Morgan fingerprint density at radius 2 is 1.81 bits per heavy atom. The maximum Gasteiger partial charge on any atom is 0.336 e. The van der Waals surface area contributed by atoms with E-state index in [9.17, 15) is 14.4 Å². The second kappa shape index (κ2) is 6.04. The number of amides is 1. The van der Waals surface area contributed by atoms with Crippen LogP contribution in [0.2, 0.25) is 0 Å². The van der Waals surface area contributed by atoms with Crippen LogP contribution in [0.5, 0.6) is 0 Å². The molecule has 0 aliphatic heterocycles. The number of aromatic nitrogens is 1. The molecule has 0 unspecified atom stereocenters. The first-order valence-electron chi connectivity index (χ1n) is 6.37. The minimum Gasteiger partial charge on any atom is -0.478 e. The van der Waals surface area contributed by atoms with Crippen LogP contribution in [0, 0.1) is 0 Å². The van der Waals surface area contributed by atoms with Gasteiger partial charge >= 0.3 is 5.97 Å². The van der Waals surface area contributed by atoms with E-state index in [2.05, 4.69) is 5.32 Å². The Morgan fingerprint density at radius 1 is 1.14 bits per heavy atom. The number of aromatic carboxylic acids is 1. The Kier molecular flexibility index (Phi) is 4.18. The lowest BCUT2D eigenvalue weighted by Crippen LogP contribution is -2.20. The number of nitrogens with zero attached hydrogens (tertiary/aromatic N) is 1. The average molecular weight is 286 g/mol. The van der Waals surface area contributed by atoms with Crippen molar-refractivity contribution >= 4 is 17.6 Å². The van der Waals surface area contributed by atoms with Crippen LogP contribution >= 0.6 is 0 Å². The summed E-state index contributed by atoms with van der Waals surface area (Å²) in [6, 6.07) is 8.78. The summed E-state index contributed by atoms with van der Waals surface area (Å²) in [6.45, 7) is 2.29. The van der Waals surface area contributed by atoms with E-state index >= 15 is 0 Å². The highest BCUT2D eigenvalue weighted by molar-refractivity contribution is 6.10. The molecule has 1 heterocycles. The molecule has 0 atom stereocenters. The van der Waals surface area contributed by atoms with Crippen molar-refractivity contribution in [3.63, 3.8) is 0 Å². The first kappa shape index (κ1) is 14.5. The Labute approximate surface area is 120 Å². The molecule has 2 N–H and O–H groups in total. The molecule has 0 radical (unpaired) electrons. The van der Waals surface area contributed by atoms with Gasteiger partial charge in [-0.25, -0.2) is 4.79 Å². The molecule has 6 nitrogen and oxygen atoms in total. The molecule has 2 rings (SSSR count). The van der Waals surface area contributed by atoms with Gasteiger partial charge in [-0.3, -0.25) is 9.59 Å². The molecule has 0 saturated heterocycles. The van der Waals surface area contributed by atoms with Crippen LogP contribution in [-0.4, -0.2) is 21.6 Å². The first-order valence-corrected chi connectivity index (χ1v) is 6.37. The zero-order valence-corrected chi connectivity index (χ0v) is 11.4. The van der Waals surface area contributed by atoms with E-state index in [0.717, 1.165) is 0 Å². The van der Waals surface area contributed by atoms with Crippen molar-refractivity contribution in [3.8, 4) is 0 Å². The van der Waals surface area contributed by atoms with E-state index in [1.807, 2.05) is 6.92 Å². The van der Waals surface area contributed by atoms with Gasteiger partial charge in [0.05, 0.1) is 16.8 Å². The van der Waals surface area contributed by atoms with Gasteiger partial charge in [0, 0.05) is 18.8 Å². The number of carbonyl (C=O) groups is 2. The smallest absolute Gasteiger partial charge is 0.336 e. The Bertz CT molecular complexity index is 749. The Hall–Kier alpha value is -2.89. The predicted molar refractivity (Wildman–Crippen MR) is 77.7 cm³/mol. The van der Waals surface area contributed by atoms with Gasteiger partial charge in [-0.15, -0.1) is 0 Å². The molecule has 0 bridgehead atoms. The predicted octanol–water partition coefficient (Wildman–Crippen LogP) is 1.82. The van der Waals surface area contributed by atoms with Crippen molar-refractivity contribution in [1.29, 1.82) is 0 Å². The fraction of sp³-hybridized carbons (Fsp3) is 0.133. The minimum atomic E-state index is -1.17. The summed E-state index contributed by atoms with van der Waals surface area (Å²) in [5.41, 5.74) is 0.265. The SMILES string of the molecule is CCn1cc(NC(=O)c2ccccc2C(=O)O)ccc1=O. The zero-order valence-electron chi connectivity index (χ0n) is 11.4. The topological polar surface area (TPSA) is 88.4 Å². The summed E-state index contributed by atoms with van der Waals surface area (Å²) in [6.07, 6.45) is 1.52. The molecule has 0 aliphatic carbocycles. The lowest BCUT2D eigenvalue weighted by molar-refractivity contribution is 0.0692. The van der Waals surface area contributed by atoms with E-state index in [1.54, 1.807) is 12.1 Å². The number of hydrogen-bond donors (Lipinski definition) is 2. The number of nitrogens with one attached hydrogen (secondary N) is 1. The van der Waals surface area contributed by atoms with Gasteiger partial charge in [-0.1, -0.05) is 12.1 Å². The normalized spacial score (nSPS) is 10.1. The van der Waals surface area contributed by atoms with E-state index in [0.29, 0.717) is 12.2 Å². The highest BCUT2D eigenvalue weighted by Crippen LogP contribution is 2.12. The third kappa shape index (κ3) is 3.17. The van der Waals surface area contributed by atoms with Crippen LogP contribution in [0.15, 0.2) is 47.4 Å². The quantitative estimate of drug-likeness (QED) is 0.897. The molecular formula is C15H14N2O4. The van der Waals surface area contributed by atoms with Gasteiger partial charge < -0.3 is 15.0 Å². The maximum atomic E-state index is 12.2. The fourth-order valence-electron chi connectivity index (χ4n) is 1.92. The molecule has 0 saturated carbocycles. The molecule has 1 amide bonds. The van der Waals surface area contributed by atoms with Crippen molar-refractivity contribution in [2.75, 3.05) is 5.32 Å². The van der Waals surface area contributed by atoms with Crippen molar-refractivity contribution in [3.05, 3.63) is 64.1 Å². The Morgan fingerprint density at radius 3 is 2.43 bits per heavy atom. The number of hydrogen-bond acceptors (Lipinski definition) is 3. The van der Waals surface area contributed by atoms with Gasteiger partial charge in [0.15, 0.2) is 0 Å². The third-order valence-corrected chi connectivity index (χ3v) is 2.98. The summed E-state index contributed by atoms with van der Waals surface area (Å²) in [7, 11) is 0. The highest BCUT2D eigenvalue weighted by atomic mass is 16.4. The molecule has 0 fully saturated rings. The van der Waals surface area contributed by atoms with Crippen LogP contribution in [-0.2, 0) is 6.54 Å². The van der Waals surface area contributed by atoms with E-state index in [-0.39, 0.29) is 16.7 Å². The lowest BCUT2D eigenvalue weighted by Gasteiger charge is -2.09. The van der Waals surface area contributed by atoms with Crippen LogP contribution in [0.3, 0.4) is 0 Å². The molecular weight excluding hydrogens is 272 g/mol. The number of benzene rings is 1. The third-order valence-electron chi connectivity index (χ3n) is 2.98. The van der Waals surface area contributed by atoms with Crippen molar-refractivity contribution in [2.45, 2.75) is 13.5 Å². The summed E-state index contributed by atoms with van der Waals surface area (Å²) >= 11 is 0. The molecule has 6 heteroatoms. The Balaban J connectivity index is 2.30. The molecule has 0 spiro atoms. The largest absolute Gasteiger partial charge is 0.478 e. The monoisotopic (exact) mass is 286 g/mol. The van der Waals surface area contributed by atoms with Crippen molar-refractivity contribution in [1.82, 2.24) is 4.57 Å². The number of pyridine rings is 1. The van der Waals surface area contributed by atoms with Crippen molar-refractivity contribution < 1.29 is 14.7 Å². The van der Waals surface area contributed by atoms with Gasteiger partial charge in [-0.05, 0) is 25.1 Å². The summed E-state index contributed by atoms with van der Waals surface area (Å²) in [5, 5.41) is 11.7. The zero-order chi connectivity index (χ0) is 15.4. The van der Waals surface area contributed by atoms with E-state index in [4.69, 9.17) is 5.11 Å². The number of aryl methyl sites for hydroxylation is 1. The molecule has 2 aromatic rings. The first-order chi connectivity index (χ1) is 10.0. The molecule has 1 aromatic carbocycles. The number of carboxylic acids is 1. The molecule has 108 valence electrons. The maximum absolute atomic E-state index is 12.2. The lowest BCUT2D eigenvalue weighted by atomic mass is 10.1. The summed E-state index contributed by atoms with van der Waals surface area (Å²) in [4.78, 5) is 34.7. The second-order valence-electron chi connectivity index (χ2n) is 4.35. The molecule has 0 aliphatic rings. The van der Waals surface area contributed by atoms with Gasteiger partial charge in [0.25, 0.3) is 11.5 Å². The van der Waals surface area contributed by atoms with Gasteiger partial charge in [0.1, 0.15) is 0 Å². The second-order valence-corrected chi connectivity index (χ2v) is 4.35. The van der Waals surface area contributed by atoms with Gasteiger partial charge in [0.2, 0.25) is 0 Å². The summed E-state index contributed by atoms with van der Waals surface area (Å²) in [5.74, 6) is -1.70. The van der Waals surface area contributed by atoms with Crippen LogP contribution in [0.25, 0.3) is 0 Å². The van der Waals surface area contributed by atoms with E-state index < -0.39 is 11.9 Å². The number of carbonyl (C=O) groups excluding carboxylic acids is 1. The van der Waals surface area contributed by atoms with Crippen LogP contribution in [0.4, 0.5) is 5.69 Å². The molecule has 1 aromatic heterocycles. The fourth-order valence-corrected chi connectivity index (χ4v) is 1.92. The van der Waals surface area contributed by atoms with Crippen LogP contribution < -0.4 is 10.9 Å². The van der Waals surface area contributed by atoms with Crippen LogP contribution in [0.1, 0.15) is 27.6 Å². The highest BCUT2D eigenvalue weighted by Gasteiger charge is 2.15. The standard InChI is InChI=1S/C15H14N2O4/c1-2-17-9-10(7-8-13(17)18)16-14(19)11-5-3-4-6-12(11)15(20)21/h3-9H,2H2,1H3,(H,16,19)(H,20,21). The van der Waals surface area contributed by atoms with Gasteiger partial charge in [-0.2, -0.15) is 0 Å². The number of anilines is 1. The molecule has 21 heavy (non-hydrogen) atoms. The average Bonchev–Trinajstić information content (AvgIpc) is 2.49. The minimum absolute atomic E-state index is 0.0687. The van der Waals surface area contributed by atoms with E-state index in [1.165, 1.54) is 35.0 Å². The number of carboxylic acid groups (broad SMARTS) is 1. The summed E-state index contributed by atoms with van der Waals surface area (Å²) < 4.78 is 1.44.